The molecule has 0 aromatic rings. The van der Waals surface area contributed by atoms with E-state index in [1.807, 2.05) is 0 Å². The average Bonchev–Trinajstić information content (AvgIpc) is 2.33. The van der Waals surface area contributed by atoms with Gasteiger partial charge in [-0.1, -0.05) is 0 Å². The molecule has 0 aromatic carbocycles. The lowest BCUT2D eigenvalue weighted by molar-refractivity contribution is -0.0751. The van der Waals surface area contributed by atoms with E-state index in [0.29, 0.717) is 6.04 Å². The second-order valence-electron chi connectivity index (χ2n) is 3.66. The minimum absolute atomic E-state index is 0.0909. The number of nitrogens with zero attached hydrogens (tertiary/aromatic N) is 2. The molecule has 0 spiro atoms. The fourth-order valence-corrected chi connectivity index (χ4v) is 2.03. The molecule has 0 aromatic heterocycles. The van der Waals surface area contributed by atoms with Crippen molar-refractivity contribution in [2.75, 3.05) is 19.6 Å². The molecule has 2 aliphatic rings. The van der Waals surface area contributed by atoms with E-state index >= 15 is 0 Å². The third-order valence-electron chi connectivity index (χ3n) is 2.80. The molecule has 0 aliphatic carbocycles. The van der Waals surface area contributed by atoms with E-state index in [-0.39, 0.29) is 6.10 Å². The topological polar surface area (TPSA) is 26.7 Å². The number of aliphatic hydroxyl groups excluding tert-OH is 1. The van der Waals surface area contributed by atoms with Crippen LogP contribution in [-0.4, -0.2) is 46.9 Å². The Bertz CT molecular complexity index is 151. The van der Waals surface area contributed by atoms with Gasteiger partial charge >= 0.3 is 0 Å². The maximum Gasteiger partial charge on any atom is 0.0694 e. The zero-order valence-corrected chi connectivity index (χ0v) is 7.03. The van der Waals surface area contributed by atoms with Crippen molar-refractivity contribution in [3.63, 3.8) is 0 Å². The first-order valence-electron chi connectivity index (χ1n) is 4.47. The average molecular weight is 156 g/mol. The van der Waals surface area contributed by atoms with Crippen LogP contribution in [0.5, 0.6) is 0 Å². The monoisotopic (exact) mass is 156 g/mol. The smallest absolute Gasteiger partial charge is 0.0694 e. The molecule has 3 heteroatoms. The van der Waals surface area contributed by atoms with Crippen molar-refractivity contribution in [2.45, 2.75) is 31.9 Å². The molecule has 0 saturated carbocycles. The number of hydrazine groups is 1. The summed E-state index contributed by atoms with van der Waals surface area (Å²) in [7, 11) is 0. The maximum atomic E-state index is 9.41. The molecule has 0 radical (unpaired) electrons. The Balaban J connectivity index is 2.01. The summed E-state index contributed by atoms with van der Waals surface area (Å²) < 4.78 is 0. The van der Waals surface area contributed by atoms with Gasteiger partial charge in [-0.15, -0.1) is 0 Å². The predicted molar refractivity (Wildman–Crippen MR) is 43.0 cm³/mol. The number of fused-ring (bicyclic) bond motifs is 1. The summed E-state index contributed by atoms with van der Waals surface area (Å²) in [6.45, 7) is 5.32. The van der Waals surface area contributed by atoms with E-state index in [2.05, 4.69) is 16.9 Å². The van der Waals surface area contributed by atoms with Crippen LogP contribution in [0.15, 0.2) is 0 Å². The second kappa shape index (κ2) is 2.73. The lowest BCUT2D eigenvalue weighted by Gasteiger charge is -2.37. The zero-order chi connectivity index (χ0) is 7.84. The van der Waals surface area contributed by atoms with Gasteiger partial charge in [0.05, 0.1) is 6.10 Å². The highest BCUT2D eigenvalue weighted by molar-refractivity contribution is 4.81. The van der Waals surface area contributed by atoms with Crippen molar-refractivity contribution >= 4 is 0 Å². The first-order chi connectivity index (χ1) is 5.27. The van der Waals surface area contributed by atoms with E-state index in [1.54, 1.807) is 0 Å². The highest BCUT2D eigenvalue weighted by atomic mass is 16.3. The van der Waals surface area contributed by atoms with E-state index < -0.39 is 0 Å². The van der Waals surface area contributed by atoms with Crippen molar-refractivity contribution in [3.05, 3.63) is 0 Å². The van der Waals surface area contributed by atoms with Crippen LogP contribution in [0.3, 0.4) is 0 Å². The molecule has 64 valence electrons. The summed E-state index contributed by atoms with van der Waals surface area (Å²) in [5.74, 6) is 0. The van der Waals surface area contributed by atoms with Crippen molar-refractivity contribution in [1.82, 2.24) is 10.0 Å². The number of aliphatic hydroxyl groups is 1. The molecule has 2 heterocycles. The minimum atomic E-state index is -0.0909. The number of rotatable bonds is 0. The number of hydrogen-bond acceptors (Lipinski definition) is 3. The molecule has 0 bridgehead atoms. The molecule has 2 aliphatic heterocycles. The SMILES string of the molecule is CC1CCN2CCC(O)CN12. The first-order valence-corrected chi connectivity index (χ1v) is 4.47. The highest BCUT2D eigenvalue weighted by Crippen LogP contribution is 2.22. The maximum absolute atomic E-state index is 9.41. The molecule has 0 amide bonds. The van der Waals surface area contributed by atoms with Crippen LogP contribution in [0.1, 0.15) is 19.8 Å². The van der Waals surface area contributed by atoms with Crippen LogP contribution in [-0.2, 0) is 0 Å². The summed E-state index contributed by atoms with van der Waals surface area (Å²) in [6, 6.07) is 0.643. The largest absolute Gasteiger partial charge is 0.392 e. The molecule has 2 fully saturated rings. The summed E-state index contributed by atoms with van der Waals surface area (Å²) in [5, 5.41) is 14.1. The third-order valence-corrected chi connectivity index (χ3v) is 2.80. The zero-order valence-electron chi connectivity index (χ0n) is 7.03. The molecule has 2 unspecified atom stereocenters. The normalized spacial score (nSPS) is 40.9. The molecule has 1 N–H and O–H groups in total. The van der Waals surface area contributed by atoms with Gasteiger partial charge in [-0.3, -0.25) is 0 Å². The Morgan fingerprint density at radius 3 is 2.82 bits per heavy atom. The van der Waals surface area contributed by atoms with Gasteiger partial charge in [-0.05, 0) is 19.8 Å². The molecule has 2 saturated heterocycles. The van der Waals surface area contributed by atoms with E-state index in [4.69, 9.17) is 0 Å². The van der Waals surface area contributed by atoms with Gasteiger partial charge in [0.1, 0.15) is 0 Å². The molecule has 2 atom stereocenters. The van der Waals surface area contributed by atoms with Gasteiger partial charge in [0.2, 0.25) is 0 Å². The van der Waals surface area contributed by atoms with Gasteiger partial charge in [0.15, 0.2) is 0 Å². The Hall–Kier alpha value is -0.120. The molecule has 11 heavy (non-hydrogen) atoms. The standard InChI is InChI=1S/C8H16N2O/c1-7-2-4-9-5-3-8(11)6-10(7)9/h7-8,11H,2-6H2,1H3. The summed E-state index contributed by atoms with van der Waals surface area (Å²) >= 11 is 0. The third kappa shape index (κ3) is 1.28. The van der Waals surface area contributed by atoms with Crippen LogP contribution in [0, 0.1) is 0 Å². The van der Waals surface area contributed by atoms with Gasteiger partial charge in [0, 0.05) is 25.7 Å². The lowest BCUT2D eigenvalue weighted by Crippen LogP contribution is -2.50. The van der Waals surface area contributed by atoms with Crippen molar-refractivity contribution in [3.8, 4) is 0 Å². The van der Waals surface area contributed by atoms with Crippen LogP contribution < -0.4 is 0 Å². The van der Waals surface area contributed by atoms with Gasteiger partial charge in [-0.2, -0.15) is 0 Å². The molecular weight excluding hydrogens is 140 g/mol. The number of hydrogen-bond donors (Lipinski definition) is 1. The fourth-order valence-electron chi connectivity index (χ4n) is 2.03. The Kier molecular flexibility index (Phi) is 1.87. The summed E-state index contributed by atoms with van der Waals surface area (Å²) in [6.07, 6.45) is 2.11. The van der Waals surface area contributed by atoms with Gasteiger partial charge in [0.25, 0.3) is 0 Å². The second-order valence-corrected chi connectivity index (χ2v) is 3.66. The fraction of sp³-hybridized carbons (Fsp3) is 1.00. The van der Waals surface area contributed by atoms with E-state index in [0.717, 1.165) is 19.5 Å². The van der Waals surface area contributed by atoms with Crippen LogP contribution in [0.4, 0.5) is 0 Å². The highest BCUT2D eigenvalue weighted by Gasteiger charge is 2.33. The first kappa shape index (κ1) is 7.53. The molecular formula is C8H16N2O. The Morgan fingerprint density at radius 1 is 1.27 bits per heavy atom. The Labute approximate surface area is 67.6 Å². The molecule has 3 nitrogen and oxygen atoms in total. The molecule has 2 rings (SSSR count). The Morgan fingerprint density at radius 2 is 2.00 bits per heavy atom. The van der Waals surface area contributed by atoms with Crippen molar-refractivity contribution in [2.24, 2.45) is 0 Å². The predicted octanol–water partition coefficient (Wildman–Crippen LogP) is 0.0622. The minimum Gasteiger partial charge on any atom is -0.392 e. The van der Waals surface area contributed by atoms with Gasteiger partial charge < -0.3 is 5.11 Å². The van der Waals surface area contributed by atoms with Crippen molar-refractivity contribution < 1.29 is 5.11 Å². The quantitative estimate of drug-likeness (QED) is 0.537. The van der Waals surface area contributed by atoms with E-state index in [9.17, 15) is 5.11 Å². The van der Waals surface area contributed by atoms with Crippen LogP contribution in [0.25, 0.3) is 0 Å². The lowest BCUT2D eigenvalue weighted by atomic mass is 10.2. The summed E-state index contributed by atoms with van der Waals surface area (Å²) in [5.41, 5.74) is 0. The van der Waals surface area contributed by atoms with Gasteiger partial charge in [-0.25, -0.2) is 10.0 Å². The van der Waals surface area contributed by atoms with Crippen LogP contribution in [0.2, 0.25) is 0 Å². The van der Waals surface area contributed by atoms with E-state index in [1.165, 1.54) is 13.0 Å². The van der Waals surface area contributed by atoms with Crippen LogP contribution >= 0.6 is 0 Å². The summed E-state index contributed by atoms with van der Waals surface area (Å²) in [4.78, 5) is 0. The van der Waals surface area contributed by atoms with Crippen molar-refractivity contribution in [1.29, 1.82) is 0 Å².